The van der Waals surface area contributed by atoms with Gasteiger partial charge in [-0.3, -0.25) is 9.52 Å². The van der Waals surface area contributed by atoms with Crippen molar-refractivity contribution in [2.24, 2.45) is 0 Å². The maximum absolute atomic E-state index is 12.6. The molecule has 3 rings (SSSR count). The molecule has 2 N–H and O–H groups in total. The molecule has 0 aromatic heterocycles. The Kier molecular flexibility index (Phi) is 7.95. The number of nitrogens with one attached hydrogen (secondary N) is 2. The number of benzene rings is 3. The van der Waals surface area contributed by atoms with Gasteiger partial charge in [-0.05, 0) is 92.1 Å². The van der Waals surface area contributed by atoms with E-state index in [0.29, 0.717) is 30.2 Å². The van der Waals surface area contributed by atoms with E-state index in [2.05, 4.69) is 10.0 Å². The summed E-state index contributed by atoms with van der Waals surface area (Å²) in [5, 5.41) is 2.77. The molecule has 0 radical (unpaired) electrons. The van der Waals surface area contributed by atoms with Gasteiger partial charge < -0.3 is 14.8 Å². The van der Waals surface area contributed by atoms with Crippen molar-refractivity contribution in [2.45, 2.75) is 31.6 Å². The van der Waals surface area contributed by atoms with E-state index in [1.54, 1.807) is 31.4 Å². The quantitative estimate of drug-likeness (QED) is 0.412. The van der Waals surface area contributed by atoms with Gasteiger partial charge in [-0.25, -0.2) is 8.42 Å². The van der Waals surface area contributed by atoms with Gasteiger partial charge in [-0.15, -0.1) is 0 Å². The van der Waals surface area contributed by atoms with Crippen LogP contribution in [0.25, 0.3) is 0 Å². The van der Waals surface area contributed by atoms with Crippen LogP contribution < -0.4 is 19.5 Å². The number of hydrogen-bond donors (Lipinski definition) is 2. The number of amides is 1. The molecule has 1 amide bonds. The van der Waals surface area contributed by atoms with Crippen LogP contribution in [0.3, 0.4) is 0 Å². The van der Waals surface area contributed by atoms with E-state index in [1.165, 1.54) is 12.1 Å². The second-order valence-electron chi connectivity index (χ2n) is 7.60. The third-order valence-corrected chi connectivity index (χ3v) is 6.48. The molecule has 0 saturated heterocycles. The van der Waals surface area contributed by atoms with Crippen LogP contribution in [-0.4, -0.2) is 28.0 Å². The molecule has 7 nitrogen and oxygen atoms in total. The van der Waals surface area contributed by atoms with Gasteiger partial charge in [0.15, 0.2) is 0 Å². The fourth-order valence-electron chi connectivity index (χ4n) is 3.05. The van der Waals surface area contributed by atoms with Crippen LogP contribution >= 0.6 is 0 Å². The van der Waals surface area contributed by atoms with Crippen LogP contribution in [0.1, 0.15) is 24.0 Å². The number of rotatable bonds is 10. The minimum absolute atomic E-state index is 0.117. The summed E-state index contributed by atoms with van der Waals surface area (Å²) in [7, 11) is -2.12. The van der Waals surface area contributed by atoms with Crippen molar-refractivity contribution < 1.29 is 22.7 Å². The van der Waals surface area contributed by atoms with Crippen LogP contribution in [0.2, 0.25) is 0 Å². The number of carbonyl (C=O) groups excluding carboxylic acids is 1. The highest BCUT2D eigenvalue weighted by molar-refractivity contribution is 7.92. The summed E-state index contributed by atoms with van der Waals surface area (Å²) < 4.78 is 38.6. The second kappa shape index (κ2) is 10.9. The first kappa shape index (κ1) is 24.1. The Bertz CT molecular complexity index is 1190. The second-order valence-corrected chi connectivity index (χ2v) is 9.29. The first-order valence-corrected chi connectivity index (χ1v) is 12.0. The van der Waals surface area contributed by atoms with Crippen molar-refractivity contribution in [3.05, 3.63) is 77.9 Å². The molecule has 3 aromatic carbocycles. The van der Waals surface area contributed by atoms with E-state index in [9.17, 15) is 13.2 Å². The molecule has 0 unspecified atom stereocenters. The lowest BCUT2D eigenvalue weighted by Crippen LogP contribution is -2.14. The third-order valence-electron chi connectivity index (χ3n) is 5.08. The van der Waals surface area contributed by atoms with Crippen molar-refractivity contribution in [1.29, 1.82) is 0 Å². The van der Waals surface area contributed by atoms with Gasteiger partial charge in [0.25, 0.3) is 10.0 Å². The number of methoxy groups -OCH3 is 1. The van der Waals surface area contributed by atoms with Gasteiger partial charge in [-0.2, -0.15) is 0 Å². The molecule has 0 fully saturated rings. The maximum Gasteiger partial charge on any atom is 0.261 e. The molecule has 0 bridgehead atoms. The Morgan fingerprint density at radius 2 is 1.48 bits per heavy atom. The number of ether oxygens (including phenoxy) is 2. The summed E-state index contributed by atoms with van der Waals surface area (Å²) >= 11 is 0. The number of sulfonamides is 1. The van der Waals surface area contributed by atoms with Crippen molar-refractivity contribution in [2.75, 3.05) is 23.8 Å². The average molecular weight is 469 g/mol. The molecule has 0 aliphatic rings. The Morgan fingerprint density at radius 3 is 2.12 bits per heavy atom. The summed E-state index contributed by atoms with van der Waals surface area (Å²) in [6, 6.07) is 18.7. The number of carbonyl (C=O) groups is 1. The number of anilines is 2. The highest BCUT2D eigenvalue weighted by Crippen LogP contribution is 2.21. The first-order chi connectivity index (χ1) is 15.8. The molecule has 0 heterocycles. The molecule has 33 heavy (non-hydrogen) atoms. The average Bonchev–Trinajstić information content (AvgIpc) is 2.80. The van der Waals surface area contributed by atoms with Gasteiger partial charge in [0, 0.05) is 17.8 Å². The van der Waals surface area contributed by atoms with Crippen LogP contribution in [0.5, 0.6) is 11.5 Å². The van der Waals surface area contributed by atoms with Gasteiger partial charge >= 0.3 is 0 Å². The molecule has 8 heteroatoms. The summed E-state index contributed by atoms with van der Waals surface area (Å²) in [4.78, 5) is 12.3. The van der Waals surface area contributed by atoms with Crippen LogP contribution in [0, 0.1) is 13.8 Å². The van der Waals surface area contributed by atoms with Crippen LogP contribution in [0.4, 0.5) is 11.4 Å². The smallest absolute Gasteiger partial charge is 0.261 e. The van der Waals surface area contributed by atoms with Crippen molar-refractivity contribution in [3.63, 3.8) is 0 Å². The van der Waals surface area contributed by atoms with Gasteiger partial charge in [0.2, 0.25) is 5.91 Å². The predicted molar refractivity (Wildman–Crippen MR) is 130 cm³/mol. The fraction of sp³-hybridized carbons (Fsp3) is 0.240. The van der Waals surface area contributed by atoms with Gasteiger partial charge in [0.05, 0.1) is 18.6 Å². The molecular weight excluding hydrogens is 440 g/mol. The van der Waals surface area contributed by atoms with E-state index in [-0.39, 0.29) is 17.2 Å². The minimum Gasteiger partial charge on any atom is -0.497 e. The number of aryl methyl sites for hydroxylation is 2. The predicted octanol–water partition coefficient (Wildman–Crippen LogP) is 4.91. The molecular formula is C25H28N2O5S. The fourth-order valence-corrected chi connectivity index (χ4v) is 4.10. The Hall–Kier alpha value is -3.52. The normalized spacial score (nSPS) is 11.0. The van der Waals surface area contributed by atoms with Crippen molar-refractivity contribution >= 4 is 27.3 Å². The molecule has 0 saturated carbocycles. The summed E-state index contributed by atoms with van der Waals surface area (Å²) in [6.45, 7) is 4.30. The first-order valence-electron chi connectivity index (χ1n) is 10.5. The highest BCUT2D eigenvalue weighted by Gasteiger charge is 2.15. The topological polar surface area (TPSA) is 93.7 Å². The van der Waals surface area contributed by atoms with E-state index >= 15 is 0 Å². The monoisotopic (exact) mass is 468 g/mol. The van der Waals surface area contributed by atoms with E-state index in [0.717, 1.165) is 16.9 Å². The van der Waals surface area contributed by atoms with Crippen molar-refractivity contribution in [3.8, 4) is 11.5 Å². The SMILES string of the molecule is COc1ccc(OCCCC(=O)Nc2ccc(S(=O)(=O)Nc3ccc(C)c(C)c3)cc2)cc1. The molecule has 0 atom stereocenters. The Morgan fingerprint density at radius 1 is 0.848 bits per heavy atom. The van der Waals surface area contributed by atoms with E-state index in [1.807, 2.05) is 44.2 Å². The summed E-state index contributed by atoms with van der Waals surface area (Å²) in [5.74, 6) is 1.29. The van der Waals surface area contributed by atoms with Crippen LogP contribution in [0.15, 0.2) is 71.6 Å². The summed E-state index contributed by atoms with van der Waals surface area (Å²) in [5.41, 5.74) is 3.13. The molecule has 3 aromatic rings. The largest absolute Gasteiger partial charge is 0.497 e. The molecule has 174 valence electrons. The van der Waals surface area contributed by atoms with Crippen molar-refractivity contribution in [1.82, 2.24) is 0 Å². The zero-order chi connectivity index (χ0) is 23.8. The molecule has 0 aliphatic carbocycles. The lowest BCUT2D eigenvalue weighted by molar-refractivity contribution is -0.116. The Balaban J connectivity index is 1.47. The van der Waals surface area contributed by atoms with Crippen LogP contribution in [-0.2, 0) is 14.8 Å². The van der Waals surface area contributed by atoms with E-state index in [4.69, 9.17) is 9.47 Å². The summed E-state index contributed by atoms with van der Waals surface area (Å²) in [6.07, 6.45) is 0.828. The standard InChI is InChI=1S/C25H28N2O5S/c1-18-6-7-21(17-19(18)2)27-33(29,30)24-14-8-20(9-15-24)26-25(28)5-4-16-32-23-12-10-22(31-3)11-13-23/h6-15,17,27H,4-5,16H2,1-3H3,(H,26,28). The lowest BCUT2D eigenvalue weighted by Gasteiger charge is -2.11. The maximum atomic E-state index is 12.6. The highest BCUT2D eigenvalue weighted by atomic mass is 32.2. The molecule has 0 spiro atoms. The number of hydrogen-bond acceptors (Lipinski definition) is 5. The Labute approximate surface area is 194 Å². The zero-order valence-electron chi connectivity index (χ0n) is 18.9. The van der Waals surface area contributed by atoms with E-state index < -0.39 is 10.0 Å². The third kappa shape index (κ3) is 6.98. The van der Waals surface area contributed by atoms with Gasteiger partial charge in [-0.1, -0.05) is 6.07 Å². The molecule has 0 aliphatic heterocycles. The zero-order valence-corrected chi connectivity index (χ0v) is 19.7. The lowest BCUT2D eigenvalue weighted by atomic mass is 10.1. The minimum atomic E-state index is -3.72. The van der Waals surface area contributed by atoms with Gasteiger partial charge in [0.1, 0.15) is 11.5 Å².